The van der Waals surface area contributed by atoms with Gasteiger partial charge >= 0.3 is 5.97 Å². The van der Waals surface area contributed by atoms with Gasteiger partial charge in [0, 0.05) is 0 Å². The largest absolute Gasteiger partial charge is 0.496 e. The van der Waals surface area contributed by atoms with Gasteiger partial charge in [0.15, 0.2) is 6.61 Å². The van der Waals surface area contributed by atoms with E-state index in [1.165, 1.54) is 49.6 Å². The molecule has 3 aromatic carbocycles. The van der Waals surface area contributed by atoms with Crippen LogP contribution in [0.2, 0.25) is 5.02 Å². The average molecular weight is 510 g/mol. The number of carbonyl (C=O) groups excluding carboxylic acids is 4. The third-order valence-corrected chi connectivity index (χ3v) is 5.55. The fourth-order valence-electron chi connectivity index (χ4n) is 3.52. The van der Waals surface area contributed by atoms with Crippen molar-refractivity contribution in [2.24, 2.45) is 0 Å². The zero-order chi connectivity index (χ0) is 26.0. The second-order valence-electron chi connectivity index (χ2n) is 7.42. The summed E-state index contributed by atoms with van der Waals surface area (Å²) in [5.41, 5.74) is -0.311. The summed E-state index contributed by atoms with van der Waals surface area (Å²) in [5.74, 6) is -2.79. The first-order valence-electron chi connectivity index (χ1n) is 10.3. The van der Waals surface area contributed by atoms with E-state index in [0.717, 1.165) is 11.0 Å². The number of rotatable bonds is 7. The Balaban J connectivity index is 1.45. The summed E-state index contributed by atoms with van der Waals surface area (Å²) in [4.78, 5) is 61.9. The van der Waals surface area contributed by atoms with E-state index in [2.05, 4.69) is 5.32 Å². The number of fused-ring (bicyclic) bond motifs is 1. The monoisotopic (exact) mass is 509 g/mol. The van der Waals surface area contributed by atoms with Crippen molar-refractivity contribution >= 4 is 52.4 Å². The first kappa shape index (κ1) is 24.4. The van der Waals surface area contributed by atoms with Crippen molar-refractivity contribution in [2.75, 3.05) is 23.9 Å². The number of nitro groups is 1. The van der Waals surface area contributed by atoms with Gasteiger partial charge in [-0.25, -0.2) is 9.69 Å². The molecule has 4 rings (SSSR count). The van der Waals surface area contributed by atoms with Crippen LogP contribution in [0.3, 0.4) is 0 Å². The van der Waals surface area contributed by atoms with E-state index >= 15 is 0 Å². The summed E-state index contributed by atoms with van der Waals surface area (Å²) in [6.45, 7) is -0.752. The number of anilines is 2. The van der Waals surface area contributed by atoms with Crippen molar-refractivity contribution in [3.8, 4) is 5.75 Å². The quantitative estimate of drug-likeness (QED) is 0.219. The van der Waals surface area contributed by atoms with Crippen LogP contribution >= 0.6 is 11.6 Å². The van der Waals surface area contributed by atoms with Crippen LogP contribution in [0.4, 0.5) is 17.1 Å². The van der Waals surface area contributed by atoms with Crippen molar-refractivity contribution in [3.63, 3.8) is 0 Å². The van der Waals surface area contributed by atoms with E-state index in [1.54, 1.807) is 12.1 Å². The molecule has 0 aliphatic carbocycles. The van der Waals surface area contributed by atoms with E-state index in [9.17, 15) is 29.3 Å². The lowest BCUT2D eigenvalue weighted by molar-refractivity contribution is -0.384. The normalized spacial score (nSPS) is 12.2. The molecule has 0 spiro atoms. The van der Waals surface area contributed by atoms with E-state index in [0.29, 0.717) is 0 Å². The molecule has 3 aromatic rings. The fraction of sp³-hybridized carbons (Fsp3) is 0.0833. The van der Waals surface area contributed by atoms with Gasteiger partial charge in [-0.3, -0.25) is 24.5 Å². The van der Waals surface area contributed by atoms with Crippen LogP contribution in [-0.4, -0.2) is 42.3 Å². The number of hydrogen-bond donors (Lipinski definition) is 1. The number of imide groups is 1. The third kappa shape index (κ3) is 4.59. The van der Waals surface area contributed by atoms with Gasteiger partial charge < -0.3 is 14.8 Å². The number of amides is 3. The Bertz CT molecular complexity index is 1440. The predicted octanol–water partition coefficient (Wildman–Crippen LogP) is 3.85. The van der Waals surface area contributed by atoms with Crippen molar-refractivity contribution in [1.29, 1.82) is 0 Å². The first-order valence-corrected chi connectivity index (χ1v) is 10.7. The number of para-hydroxylation sites is 1. The zero-order valence-corrected chi connectivity index (χ0v) is 19.3. The molecule has 0 bridgehead atoms. The highest BCUT2D eigenvalue weighted by Crippen LogP contribution is 2.33. The highest BCUT2D eigenvalue weighted by atomic mass is 35.5. The van der Waals surface area contributed by atoms with Gasteiger partial charge in [-0.1, -0.05) is 23.7 Å². The Morgan fingerprint density at radius 3 is 2.44 bits per heavy atom. The highest BCUT2D eigenvalue weighted by molar-refractivity contribution is 6.39. The molecule has 12 heteroatoms. The van der Waals surface area contributed by atoms with Crippen LogP contribution in [-0.2, 0) is 9.53 Å². The van der Waals surface area contributed by atoms with Crippen molar-refractivity contribution < 1.29 is 33.6 Å². The molecule has 0 atom stereocenters. The summed E-state index contributed by atoms with van der Waals surface area (Å²) in [5, 5.41) is 13.8. The van der Waals surface area contributed by atoms with Gasteiger partial charge in [-0.2, -0.15) is 0 Å². The number of benzene rings is 3. The maximum atomic E-state index is 12.9. The summed E-state index contributed by atoms with van der Waals surface area (Å²) in [6.07, 6.45) is 0. The lowest BCUT2D eigenvalue weighted by atomic mass is 10.1. The number of hydrogen-bond acceptors (Lipinski definition) is 8. The Morgan fingerprint density at radius 2 is 1.75 bits per heavy atom. The summed E-state index contributed by atoms with van der Waals surface area (Å²) in [7, 11) is 1.34. The van der Waals surface area contributed by atoms with E-state index in [-0.39, 0.29) is 38.8 Å². The molecule has 0 saturated heterocycles. The molecule has 1 aliphatic heterocycles. The van der Waals surface area contributed by atoms with Crippen LogP contribution in [0.25, 0.3) is 0 Å². The van der Waals surface area contributed by atoms with Crippen molar-refractivity contribution in [3.05, 3.63) is 92.5 Å². The molecule has 1 aliphatic rings. The number of esters is 1. The van der Waals surface area contributed by atoms with Gasteiger partial charge in [0.05, 0.1) is 45.5 Å². The highest BCUT2D eigenvalue weighted by Gasteiger charge is 2.38. The maximum absolute atomic E-state index is 12.9. The molecule has 11 nitrogen and oxygen atoms in total. The summed E-state index contributed by atoms with van der Waals surface area (Å²) < 4.78 is 9.92. The molecule has 1 heterocycles. The number of ether oxygens (including phenoxy) is 2. The summed E-state index contributed by atoms with van der Waals surface area (Å²) in [6, 6.07) is 14.0. The van der Waals surface area contributed by atoms with E-state index in [4.69, 9.17) is 21.1 Å². The fourth-order valence-corrected chi connectivity index (χ4v) is 3.74. The molecule has 0 aromatic heterocycles. The standard InChI is InChI=1S/C24H16ClN3O8/c1-35-14-7-9-18(20(11-14)28(33)34)26-21(29)12-36-24(32)13-6-8-15-16(10-13)23(31)27(22(15)30)19-5-3-2-4-17(19)25/h2-11H,12H2,1H3,(H,26,29). The SMILES string of the molecule is COc1ccc(NC(=O)COC(=O)c2ccc3c(c2)C(=O)N(c2ccccc2Cl)C3=O)c([N+](=O)[O-])c1. The molecule has 36 heavy (non-hydrogen) atoms. The molecule has 3 amide bonds. The third-order valence-electron chi connectivity index (χ3n) is 5.23. The van der Waals surface area contributed by atoms with Gasteiger partial charge in [0.2, 0.25) is 0 Å². The number of nitrogens with zero attached hydrogens (tertiary/aromatic N) is 2. The molecular weight excluding hydrogens is 494 g/mol. The smallest absolute Gasteiger partial charge is 0.338 e. The van der Waals surface area contributed by atoms with Gasteiger partial charge in [-0.15, -0.1) is 0 Å². The molecular formula is C24H16ClN3O8. The number of nitrogens with one attached hydrogen (secondary N) is 1. The van der Waals surface area contributed by atoms with Crippen molar-refractivity contribution in [2.45, 2.75) is 0 Å². The molecule has 0 unspecified atom stereocenters. The first-order chi connectivity index (χ1) is 17.2. The molecule has 0 radical (unpaired) electrons. The number of carbonyl (C=O) groups is 4. The Hall–Kier alpha value is -4.77. The van der Waals surface area contributed by atoms with Crippen molar-refractivity contribution in [1.82, 2.24) is 0 Å². The molecule has 1 N–H and O–H groups in total. The Kier molecular flexibility index (Phi) is 6.66. The molecule has 0 saturated carbocycles. The predicted molar refractivity (Wildman–Crippen MR) is 128 cm³/mol. The van der Waals surface area contributed by atoms with E-state index < -0.39 is 40.9 Å². The van der Waals surface area contributed by atoms with E-state index in [1.807, 2.05) is 0 Å². The topological polar surface area (TPSA) is 145 Å². The van der Waals surface area contributed by atoms with Gasteiger partial charge in [0.1, 0.15) is 11.4 Å². The molecule has 0 fully saturated rings. The second-order valence-corrected chi connectivity index (χ2v) is 7.83. The lowest BCUT2D eigenvalue weighted by Gasteiger charge is -2.15. The maximum Gasteiger partial charge on any atom is 0.338 e. The van der Waals surface area contributed by atoms with Gasteiger partial charge in [-0.05, 0) is 42.5 Å². The number of halogens is 1. The number of methoxy groups -OCH3 is 1. The Morgan fingerprint density at radius 1 is 1.03 bits per heavy atom. The average Bonchev–Trinajstić information content (AvgIpc) is 3.12. The van der Waals surface area contributed by atoms with Crippen LogP contribution < -0.4 is 15.0 Å². The van der Waals surface area contributed by atoms with Crippen LogP contribution in [0.5, 0.6) is 5.75 Å². The number of nitro benzene ring substituents is 1. The van der Waals surface area contributed by atoms with Gasteiger partial charge in [0.25, 0.3) is 23.4 Å². The second kappa shape index (κ2) is 9.84. The van der Waals surface area contributed by atoms with Crippen LogP contribution in [0.1, 0.15) is 31.1 Å². The minimum absolute atomic E-state index is 0.0207. The van der Waals surface area contributed by atoms with Crippen LogP contribution in [0, 0.1) is 10.1 Å². The lowest BCUT2D eigenvalue weighted by Crippen LogP contribution is -2.29. The summed E-state index contributed by atoms with van der Waals surface area (Å²) >= 11 is 6.13. The minimum Gasteiger partial charge on any atom is -0.496 e. The zero-order valence-electron chi connectivity index (χ0n) is 18.5. The minimum atomic E-state index is -0.936. The molecule has 182 valence electrons. The van der Waals surface area contributed by atoms with Crippen LogP contribution in [0.15, 0.2) is 60.7 Å². The Labute approximate surface area is 208 Å².